The van der Waals surface area contributed by atoms with Crippen molar-refractivity contribution in [1.82, 2.24) is 4.98 Å². The molecule has 2 aliphatic carbocycles. The molecule has 0 bridgehead atoms. The average Bonchev–Trinajstić information content (AvgIpc) is 2.87. The molecule has 0 saturated heterocycles. The minimum absolute atomic E-state index is 0.118. The molecule has 0 aliphatic heterocycles. The highest BCUT2D eigenvalue weighted by Gasteiger charge is 2.31. The van der Waals surface area contributed by atoms with Gasteiger partial charge in [-0.25, -0.2) is 4.98 Å². The molecule has 39 heavy (non-hydrogen) atoms. The van der Waals surface area contributed by atoms with Crippen LogP contribution < -0.4 is 0 Å². The lowest BCUT2D eigenvalue weighted by atomic mass is 9.79. The Labute approximate surface area is 235 Å². The molecule has 0 amide bonds. The zero-order valence-electron chi connectivity index (χ0n) is 25.0. The lowest BCUT2D eigenvalue weighted by Crippen LogP contribution is -2.23. The van der Waals surface area contributed by atoms with Crippen molar-refractivity contribution in [3.05, 3.63) is 75.6 Å². The van der Waals surface area contributed by atoms with Gasteiger partial charge in [-0.2, -0.15) is 0 Å². The lowest BCUT2D eigenvalue weighted by Gasteiger charge is -2.28. The van der Waals surface area contributed by atoms with E-state index in [9.17, 15) is 4.79 Å². The number of carbonyl (C=O) groups excluding carboxylic acids is 1. The Morgan fingerprint density at radius 1 is 0.795 bits per heavy atom. The maximum absolute atomic E-state index is 13.8. The van der Waals surface area contributed by atoms with Crippen molar-refractivity contribution in [3.63, 3.8) is 0 Å². The number of pyridine rings is 1. The van der Waals surface area contributed by atoms with Crippen LogP contribution in [0.1, 0.15) is 119 Å². The second-order valence-corrected chi connectivity index (χ2v) is 12.9. The fourth-order valence-electron chi connectivity index (χ4n) is 5.56. The summed E-state index contributed by atoms with van der Waals surface area (Å²) in [6.07, 6.45) is 12.9. The smallest absolute Gasteiger partial charge is 0.207 e. The van der Waals surface area contributed by atoms with Crippen molar-refractivity contribution in [1.29, 1.82) is 0 Å². The van der Waals surface area contributed by atoms with Gasteiger partial charge in [0.05, 0.1) is 16.9 Å². The predicted octanol–water partition coefficient (Wildman–Crippen LogP) is 8.36. The number of hydrogen-bond acceptors (Lipinski definition) is 4. The molecule has 4 nitrogen and oxygen atoms in total. The molecule has 0 saturated carbocycles. The van der Waals surface area contributed by atoms with Crippen LogP contribution in [0.25, 0.3) is 11.6 Å². The van der Waals surface area contributed by atoms with Gasteiger partial charge in [-0.3, -0.25) is 4.79 Å². The molecular formula is C35H47NO3. The number of benzene rings is 1. The average molecular weight is 530 g/mol. The fourth-order valence-corrected chi connectivity index (χ4v) is 5.56. The summed E-state index contributed by atoms with van der Waals surface area (Å²) in [5.74, 6) is 0.118. The summed E-state index contributed by atoms with van der Waals surface area (Å²) in [6.45, 7) is 14.0. The van der Waals surface area contributed by atoms with E-state index in [2.05, 4.69) is 78.0 Å². The minimum atomic E-state index is -0.143. The Hall–Kier alpha value is -2.56. The van der Waals surface area contributed by atoms with Gasteiger partial charge in [0.25, 0.3) is 0 Å². The van der Waals surface area contributed by atoms with Gasteiger partial charge in [0.1, 0.15) is 5.69 Å². The molecule has 210 valence electrons. The summed E-state index contributed by atoms with van der Waals surface area (Å²) in [4.78, 5) is 19.0. The zero-order valence-corrected chi connectivity index (χ0v) is 25.0. The molecule has 0 N–H and O–H groups in total. The number of ether oxygens (including phenoxy) is 2. The van der Waals surface area contributed by atoms with Gasteiger partial charge in [-0.1, -0.05) is 36.4 Å². The maximum Gasteiger partial charge on any atom is 0.207 e. The van der Waals surface area contributed by atoms with Gasteiger partial charge in [0, 0.05) is 13.2 Å². The van der Waals surface area contributed by atoms with E-state index in [0.717, 1.165) is 75.7 Å². The Bertz CT molecular complexity index is 1210. The third-order valence-corrected chi connectivity index (χ3v) is 7.37. The third kappa shape index (κ3) is 8.22. The molecule has 0 radical (unpaired) electrons. The monoisotopic (exact) mass is 529 g/mol. The first-order chi connectivity index (χ1) is 18.5. The highest BCUT2D eigenvalue weighted by atomic mass is 16.5. The highest BCUT2D eigenvalue weighted by Crippen LogP contribution is 2.38. The van der Waals surface area contributed by atoms with Gasteiger partial charge in [-0.05, 0) is 139 Å². The molecule has 1 aromatic heterocycles. The fraction of sp³-hybridized carbons (Fsp3) is 0.543. The number of carbonyl (C=O) groups is 1. The molecule has 0 unspecified atom stereocenters. The van der Waals surface area contributed by atoms with Crippen molar-refractivity contribution in [2.75, 3.05) is 13.2 Å². The van der Waals surface area contributed by atoms with E-state index in [-0.39, 0.29) is 17.0 Å². The molecule has 1 heterocycles. The second kappa shape index (κ2) is 12.7. The Balaban J connectivity index is 1.64. The van der Waals surface area contributed by atoms with Crippen molar-refractivity contribution >= 4 is 17.4 Å². The molecule has 0 atom stereocenters. The molecule has 0 spiro atoms. The number of allylic oxidation sites excluding steroid dienone is 3. The van der Waals surface area contributed by atoms with Crippen molar-refractivity contribution in [2.45, 2.75) is 111 Å². The van der Waals surface area contributed by atoms with Gasteiger partial charge < -0.3 is 9.47 Å². The third-order valence-electron chi connectivity index (χ3n) is 7.37. The van der Waals surface area contributed by atoms with Gasteiger partial charge in [0.15, 0.2) is 0 Å². The Morgan fingerprint density at radius 3 is 2.15 bits per heavy atom. The van der Waals surface area contributed by atoms with Crippen LogP contribution in [-0.4, -0.2) is 35.2 Å². The van der Waals surface area contributed by atoms with E-state index in [4.69, 9.17) is 14.5 Å². The predicted molar refractivity (Wildman–Crippen MR) is 161 cm³/mol. The number of fused-ring (bicyclic) bond motifs is 2. The van der Waals surface area contributed by atoms with Crippen molar-refractivity contribution in [2.24, 2.45) is 0 Å². The summed E-state index contributed by atoms with van der Waals surface area (Å²) < 4.78 is 11.9. The maximum atomic E-state index is 13.8. The largest absolute Gasteiger partial charge is 0.376 e. The van der Waals surface area contributed by atoms with Crippen molar-refractivity contribution < 1.29 is 14.3 Å². The normalized spacial score (nSPS) is 17.9. The summed E-state index contributed by atoms with van der Waals surface area (Å²) in [5.41, 5.74) is 8.71. The highest BCUT2D eigenvalue weighted by molar-refractivity contribution is 6.10. The number of rotatable bonds is 9. The number of ketones is 1. The van der Waals surface area contributed by atoms with Gasteiger partial charge >= 0.3 is 0 Å². The van der Waals surface area contributed by atoms with E-state index in [1.165, 1.54) is 27.8 Å². The first-order valence-electron chi connectivity index (χ1n) is 14.8. The lowest BCUT2D eigenvalue weighted by molar-refractivity contribution is -0.00415. The van der Waals surface area contributed by atoms with Crippen LogP contribution in [0.5, 0.6) is 0 Å². The first kappa shape index (κ1) is 29.4. The second-order valence-electron chi connectivity index (χ2n) is 12.9. The quantitative estimate of drug-likeness (QED) is 0.242. The van der Waals surface area contributed by atoms with Crippen LogP contribution in [0, 0.1) is 0 Å². The van der Waals surface area contributed by atoms with Crippen LogP contribution in [0.2, 0.25) is 0 Å². The number of aromatic nitrogens is 1. The van der Waals surface area contributed by atoms with Crippen LogP contribution >= 0.6 is 0 Å². The summed E-state index contributed by atoms with van der Waals surface area (Å²) in [7, 11) is 0. The molecular weight excluding hydrogens is 482 g/mol. The standard InChI is InChI=1S/C35H47NO3/c1-34(2,3)38-22-11-10-16-26-20-21-30-28(19-13-23-39-35(4,5)6)29-18-12-17-27(24-25-14-8-7-9-15-25)31(29)36-32(30)33(26)37/h7-9,14-16,24H,10-13,17-23H2,1-6H3/b26-16+,27-24+. The summed E-state index contributed by atoms with van der Waals surface area (Å²) >= 11 is 0. The van der Waals surface area contributed by atoms with Gasteiger partial charge in [-0.15, -0.1) is 0 Å². The summed E-state index contributed by atoms with van der Waals surface area (Å²) in [6, 6.07) is 10.5. The topological polar surface area (TPSA) is 48.4 Å². The number of unbranched alkanes of at least 4 members (excludes halogenated alkanes) is 1. The number of hydrogen-bond donors (Lipinski definition) is 0. The van der Waals surface area contributed by atoms with Crippen LogP contribution in [-0.2, 0) is 28.7 Å². The van der Waals surface area contributed by atoms with Crippen LogP contribution in [0.3, 0.4) is 0 Å². The van der Waals surface area contributed by atoms with E-state index in [0.29, 0.717) is 12.3 Å². The first-order valence-corrected chi connectivity index (χ1v) is 14.8. The Kier molecular flexibility index (Phi) is 9.61. The van der Waals surface area contributed by atoms with E-state index >= 15 is 0 Å². The van der Waals surface area contributed by atoms with Crippen LogP contribution in [0.4, 0.5) is 0 Å². The van der Waals surface area contributed by atoms with Crippen LogP contribution in [0.15, 0.2) is 42.0 Å². The van der Waals surface area contributed by atoms with E-state index in [1.807, 2.05) is 6.07 Å². The van der Waals surface area contributed by atoms with Gasteiger partial charge in [0.2, 0.25) is 5.78 Å². The number of Topliss-reactive ketones (excluding diaryl/α,β-unsaturated/α-hetero) is 1. The SMILES string of the molecule is CC(C)(C)OCCC/C=C1\CCc2c(nc3c(c2CCCOC(C)(C)C)CCC/C3=C\c2ccccc2)C1=O. The van der Waals surface area contributed by atoms with E-state index < -0.39 is 0 Å². The molecule has 0 fully saturated rings. The molecule has 4 heteroatoms. The summed E-state index contributed by atoms with van der Waals surface area (Å²) in [5, 5.41) is 0. The zero-order chi connectivity index (χ0) is 28.0. The molecule has 1 aromatic carbocycles. The number of nitrogens with zero attached hydrogens (tertiary/aromatic N) is 1. The molecule has 2 aromatic rings. The Morgan fingerprint density at radius 2 is 1.46 bits per heavy atom. The van der Waals surface area contributed by atoms with E-state index in [1.54, 1.807) is 0 Å². The molecule has 2 aliphatic rings. The van der Waals surface area contributed by atoms with Crippen molar-refractivity contribution in [3.8, 4) is 0 Å². The minimum Gasteiger partial charge on any atom is -0.376 e. The molecule has 4 rings (SSSR count).